The summed E-state index contributed by atoms with van der Waals surface area (Å²) >= 11 is 1.50. The highest BCUT2D eigenvalue weighted by atomic mass is 32.2. The Balaban J connectivity index is 1.90. The van der Waals surface area contributed by atoms with Crippen molar-refractivity contribution in [1.29, 1.82) is 5.26 Å². The quantitative estimate of drug-likeness (QED) is 0.463. The number of hydrogen-bond acceptors (Lipinski definition) is 6. The molecule has 6 heteroatoms. The monoisotopic (exact) mass is 315 g/mol. The van der Waals surface area contributed by atoms with Crippen LogP contribution < -0.4 is 9.47 Å². The van der Waals surface area contributed by atoms with Crippen molar-refractivity contribution >= 4 is 11.8 Å². The smallest absolute Gasteiger partial charge is 0.126 e. The van der Waals surface area contributed by atoms with E-state index in [1.807, 2.05) is 38.1 Å². The predicted octanol–water partition coefficient (Wildman–Crippen LogP) is 3.14. The minimum Gasteiger partial charge on any atom is -0.497 e. The summed E-state index contributed by atoms with van der Waals surface area (Å²) in [6.07, 6.45) is 0. The van der Waals surface area contributed by atoms with Crippen LogP contribution in [0.1, 0.15) is 17.1 Å². The molecule has 0 saturated carbocycles. The van der Waals surface area contributed by atoms with Gasteiger partial charge in [-0.15, -0.1) is 11.8 Å². The highest BCUT2D eigenvalue weighted by Gasteiger charge is 2.10. The molecule has 0 aliphatic rings. The van der Waals surface area contributed by atoms with E-state index < -0.39 is 0 Å². The molecule has 2 aromatic rings. The Hall–Kier alpha value is -2.26. The van der Waals surface area contributed by atoms with Crippen molar-refractivity contribution in [2.75, 3.05) is 19.5 Å². The zero-order valence-electron chi connectivity index (χ0n) is 12.8. The lowest BCUT2D eigenvalue weighted by atomic mass is 10.3. The molecule has 22 heavy (non-hydrogen) atoms. The third-order valence-electron chi connectivity index (χ3n) is 2.93. The van der Waals surface area contributed by atoms with Crippen LogP contribution in [0.3, 0.4) is 0 Å². The fraction of sp³-hybridized carbons (Fsp3) is 0.312. The molecule has 0 atom stereocenters. The summed E-state index contributed by atoms with van der Waals surface area (Å²) in [5, 5.41) is 9.90. The molecule has 5 nitrogen and oxygen atoms in total. The van der Waals surface area contributed by atoms with Crippen LogP contribution in [-0.4, -0.2) is 29.4 Å². The van der Waals surface area contributed by atoms with E-state index in [1.165, 1.54) is 11.8 Å². The lowest BCUT2D eigenvalue weighted by Crippen LogP contribution is -2.03. The van der Waals surface area contributed by atoms with Gasteiger partial charge >= 0.3 is 0 Å². The molecule has 0 N–H and O–H groups in total. The Bertz CT molecular complexity index is 681. The van der Waals surface area contributed by atoms with E-state index in [0.29, 0.717) is 34.5 Å². The summed E-state index contributed by atoms with van der Waals surface area (Å²) in [6.45, 7) is 4.18. The first-order chi connectivity index (χ1) is 10.6. The number of thioether (sulfide) groups is 1. The summed E-state index contributed by atoms with van der Waals surface area (Å²) in [5.41, 5.74) is 1.26. The molecule has 0 saturated heterocycles. The number of methoxy groups -OCH3 is 1. The lowest BCUT2D eigenvalue weighted by Gasteiger charge is -2.08. The second-order valence-corrected chi connectivity index (χ2v) is 5.60. The molecule has 1 aromatic carbocycles. The molecule has 2 rings (SSSR count). The van der Waals surface area contributed by atoms with Gasteiger partial charge in [0, 0.05) is 5.75 Å². The minimum absolute atomic E-state index is 0.532. The fourth-order valence-corrected chi connectivity index (χ4v) is 2.78. The van der Waals surface area contributed by atoms with Gasteiger partial charge in [-0.3, -0.25) is 0 Å². The zero-order chi connectivity index (χ0) is 15.9. The maximum atomic E-state index is 9.19. The van der Waals surface area contributed by atoms with Crippen LogP contribution in [0, 0.1) is 25.2 Å². The maximum absolute atomic E-state index is 9.19. The van der Waals surface area contributed by atoms with E-state index in [9.17, 15) is 5.26 Å². The molecular weight excluding hydrogens is 298 g/mol. The number of nitriles is 1. The molecule has 1 heterocycles. The third-order valence-corrected chi connectivity index (χ3v) is 3.87. The van der Waals surface area contributed by atoms with Gasteiger partial charge in [0.15, 0.2) is 0 Å². The summed E-state index contributed by atoms with van der Waals surface area (Å²) in [5.74, 6) is 2.97. The topological polar surface area (TPSA) is 68.0 Å². The predicted molar refractivity (Wildman–Crippen MR) is 85.4 cm³/mol. The highest BCUT2D eigenvalue weighted by molar-refractivity contribution is 7.99. The van der Waals surface area contributed by atoms with Crippen LogP contribution in [0.2, 0.25) is 0 Å². The van der Waals surface area contributed by atoms with Crippen molar-refractivity contribution in [2.45, 2.75) is 18.9 Å². The van der Waals surface area contributed by atoms with Gasteiger partial charge in [-0.2, -0.15) is 5.26 Å². The van der Waals surface area contributed by atoms with Gasteiger partial charge in [0.25, 0.3) is 0 Å². The SMILES string of the molecule is COc1ccc(OCCSc2nc(C)nc(C)c2C#N)cc1. The number of rotatable bonds is 6. The maximum Gasteiger partial charge on any atom is 0.126 e. The molecule has 0 radical (unpaired) electrons. The van der Waals surface area contributed by atoms with Crippen molar-refractivity contribution in [3.8, 4) is 17.6 Å². The molecular formula is C16H17N3O2S. The van der Waals surface area contributed by atoms with Crippen molar-refractivity contribution in [1.82, 2.24) is 9.97 Å². The Labute approximate surface area is 134 Å². The number of hydrogen-bond donors (Lipinski definition) is 0. The average molecular weight is 315 g/mol. The molecule has 0 unspecified atom stereocenters. The normalized spacial score (nSPS) is 10.1. The van der Waals surface area contributed by atoms with Gasteiger partial charge in [-0.1, -0.05) is 0 Å². The third kappa shape index (κ3) is 4.12. The van der Waals surface area contributed by atoms with Crippen LogP contribution in [-0.2, 0) is 0 Å². The first-order valence-corrected chi connectivity index (χ1v) is 7.77. The van der Waals surface area contributed by atoms with Gasteiger partial charge in [-0.25, -0.2) is 9.97 Å². The summed E-state index contributed by atoms with van der Waals surface area (Å²) in [7, 11) is 1.63. The van der Waals surface area contributed by atoms with E-state index in [1.54, 1.807) is 7.11 Å². The van der Waals surface area contributed by atoms with E-state index >= 15 is 0 Å². The number of nitrogens with zero attached hydrogens (tertiary/aromatic N) is 3. The average Bonchev–Trinajstić information content (AvgIpc) is 2.52. The molecule has 0 aliphatic carbocycles. The molecule has 0 amide bonds. The molecule has 0 spiro atoms. The van der Waals surface area contributed by atoms with Gasteiger partial charge in [0.05, 0.1) is 19.4 Å². The van der Waals surface area contributed by atoms with Crippen LogP contribution in [0.15, 0.2) is 29.3 Å². The Morgan fingerprint density at radius 3 is 2.45 bits per heavy atom. The summed E-state index contributed by atoms with van der Waals surface area (Å²) < 4.78 is 10.8. The molecule has 0 fully saturated rings. The second kappa shape index (κ2) is 7.66. The number of aromatic nitrogens is 2. The fourth-order valence-electron chi connectivity index (χ4n) is 1.88. The largest absolute Gasteiger partial charge is 0.497 e. The van der Waals surface area contributed by atoms with E-state index in [0.717, 1.165) is 11.5 Å². The lowest BCUT2D eigenvalue weighted by molar-refractivity contribution is 0.342. The van der Waals surface area contributed by atoms with Crippen molar-refractivity contribution in [3.05, 3.63) is 41.3 Å². The first kappa shape index (κ1) is 16.1. The van der Waals surface area contributed by atoms with E-state index in [2.05, 4.69) is 16.0 Å². The van der Waals surface area contributed by atoms with Crippen LogP contribution in [0.25, 0.3) is 0 Å². The number of ether oxygens (including phenoxy) is 2. The first-order valence-electron chi connectivity index (χ1n) is 6.79. The zero-order valence-corrected chi connectivity index (χ0v) is 13.6. The van der Waals surface area contributed by atoms with Crippen LogP contribution in [0.5, 0.6) is 11.5 Å². The van der Waals surface area contributed by atoms with Gasteiger partial charge in [0.2, 0.25) is 0 Å². The number of aryl methyl sites for hydroxylation is 2. The van der Waals surface area contributed by atoms with Crippen LogP contribution in [0.4, 0.5) is 0 Å². The van der Waals surface area contributed by atoms with E-state index in [-0.39, 0.29) is 0 Å². The van der Waals surface area contributed by atoms with Crippen LogP contribution >= 0.6 is 11.8 Å². The molecule has 114 valence electrons. The highest BCUT2D eigenvalue weighted by Crippen LogP contribution is 2.22. The van der Waals surface area contributed by atoms with Gasteiger partial charge < -0.3 is 9.47 Å². The van der Waals surface area contributed by atoms with E-state index in [4.69, 9.17) is 9.47 Å². The molecule has 0 bridgehead atoms. The minimum atomic E-state index is 0.532. The molecule has 1 aromatic heterocycles. The standard InChI is InChI=1S/C16H17N3O2S/c1-11-15(10-17)16(19-12(2)18-11)22-9-8-21-14-6-4-13(20-3)5-7-14/h4-7H,8-9H2,1-3H3. The Morgan fingerprint density at radius 1 is 1.14 bits per heavy atom. The second-order valence-electron chi connectivity index (χ2n) is 4.52. The Kier molecular flexibility index (Phi) is 5.61. The van der Waals surface area contributed by atoms with Crippen molar-refractivity contribution in [2.24, 2.45) is 0 Å². The summed E-state index contributed by atoms with van der Waals surface area (Å²) in [4.78, 5) is 8.54. The van der Waals surface area contributed by atoms with Crippen molar-refractivity contribution < 1.29 is 9.47 Å². The van der Waals surface area contributed by atoms with Crippen molar-refractivity contribution in [3.63, 3.8) is 0 Å². The van der Waals surface area contributed by atoms with Gasteiger partial charge in [-0.05, 0) is 38.1 Å². The molecule has 0 aliphatic heterocycles. The Morgan fingerprint density at radius 2 is 1.82 bits per heavy atom. The summed E-state index contributed by atoms with van der Waals surface area (Å²) in [6, 6.07) is 9.60. The number of benzene rings is 1. The van der Waals surface area contributed by atoms with Gasteiger partial charge in [0.1, 0.15) is 34.0 Å².